The molecule has 1 aromatic heterocycles. The van der Waals surface area contributed by atoms with E-state index < -0.39 is 0 Å². The van der Waals surface area contributed by atoms with Crippen LogP contribution in [0.5, 0.6) is 0 Å². The van der Waals surface area contributed by atoms with Crippen LogP contribution in [0.15, 0.2) is 6.33 Å². The second-order valence-electron chi connectivity index (χ2n) is 3.86. The molecule has 4 nitrogen and oxygen atoms in total. The molecule has 0 saturated carbocycles. The number of aryl methyl sites for hydroxylation is 1. The number of aromatic nitrogens is 3. The van der Waals surface area contributed by atoms with Gasteiger partial charge in [0, 0.05) is 7.05 Å². The molecule has 0 spiro atoms. The van der Waals surface area contributed by atoms with Crippen LogP contribution in [0.2, 0.25) is 0 Å². The summed E-state index contributed by atoms with van der Waals surface area (Å²) >= 11 is 0. The molecule has 1 rings (SSSR count). The van der Waals surface area contributed by atoms with Crippen LogP contribution in [-0.2, 0) is 13.6 Å². The number of rotatable bonds is 6. The Bertz CT molecular complexity index is 256. The van der Waals surface area contributed by atoms with Gasteiger partial charge in [0.2, 0.25) is 0 Å². The molecule has 0 aliphatic heterocycles. The van der Waals surface area contributed by atoms with Crippen molar-refractivity contribution in [3.05, 3.63) is 12.2 Å². The molecule has 0 bridgehead atoms. The molecular formula is C10H20N4. The first-order valence-electron chi connectivity index (χ1n) is 5.27. The van der Waals surface area contributed by atoms with Gasteiger partial charge in [-0.25, -0.2) is 4.98 Å². The highest BCUT2D eigenvalue weighted by Crippen LogP contribution is 2.02. The maximum Gasteiger partial charge on any atom is 0.164 e. The second-order valence-corrected chi connectivity index (χ2v) is 3.86. The van der Waals surface area contributed by atoms with Crippen molar-refractivity contribution in [3.63, 3.8) is 0 Å². The average molecular weight is 196 g/mol. The third-order valence-corrected chi connectivity index (χ3v) is 2.20. The van der Waals surface area contributed by atoms with E-state index in [0.29, 0.717) is 0 Å². The largest absolute Gasteiger partial charge is 0.310 e. The molecule has 0 amide bonds. The van der Waals surface area contributed by atoms with Gasteiger partial charge in [0.05, 0.1) is 6.54 Å². The quantitative estimate of drug-likeness (QED) is 0.746. The van der Waals surface area contributed by atoms with Crippen molar-refractivity contribution in [2.45, 2.75) is 33.2 Å². The maximum atomic E-state index is 4.20. The van der Waals surface area contributed by atoms with Crippen molar-refractivity contribution in [3.8, 4) is 0 Å². The summed E-state index contributed by atoms with van der Waals surface area (Å²) in [7, 11) is 1.89. The molecule has 80 valence electrons. The van der Waals surface area contributed by atoms with Gasteiger partial charge in [0.15, 0.2) is 5.82 Å². The minimum absolute atomic E-state index is 0.740. The topological polar surface area (TPSA) is 42.7 Å². The van der Waals surface area contributed by atoms with E-state index in [-0.39, 0.29) is 0 Å². The molecule has 1 heterocycles. The summed E-state index contributed by atoms with van der Waals surface area (Å²) in [5.41, 5.74) is 0. The molecule has 0 aliphatic rings. The van der Waals surface area contributed by atoms with Gasteiger partial charge in [0.1, 0.15) is 6.33 Å². The molecule has 14 heavy (non-hydrogen) atoms. The highest BCUT2D eigenvalue weighted by molar-refractivity contribution is 4.80. The third-order valence-electron chi connectivity index (χ3n) is 2.20. The normalized spacial score (nSPS) is 13.1. The number of nitrogens with one attached hydrogen (secondary N) is 1. The highest BCUT2D eigenvalue weighted by Gasteiger charge is 2.01. The lowest BCUT2D eigenvalue weighted by atomic mass is 10.1. The Labute approximate surface area is 85.7 Å². The fourth-order valence-electron chi connectivity index (χ4n) is 1.49. The molecule has 1 unspecified atom stereocenters. The van der Waals surface area contributed by atoms with Crippen molar-refractivity contribution in [1.29, 1.82) is 0 Å². The van der Waals surface area contributed by atoms with Crippen LogP contribution in [0, 0.1) is 5.92 Å². The number of nitrogens with zero attached hydrogens (tertiary/aromatic N) is 3. The molecule has 0 aromatic carbocycles. The molecule has 0 radical (unpaired) electrons. The summed E-state index contributed by atoms with van der Waals surface area (Å²) in [6.07, 6.45) is 4.26. The van der Waals surface area contributed by atoms with Crippen molar-refractivity contribution in [2.24, 2.45) is 13.0 Å². The van der Waals surface area contributed by atoms with Gasteiger partial charge >= 0.3 is 0 Å². The zero-order chi connectivity index (χ0) is 10.4. The lowest BCUT2D eigenvalue weighted by Gasteiger charge is -2.09. The second kappa shape index (κ2) is 5.75. The van der Waals surface area contributed by atoms with Gasteiger partial charge < -0.3 is 5.32 Å². The van der Waals surface area contributed by atoms with E-state index in [2.05, 4.69) is 29.2 Å². The minimum Gasteiger partial charge on any atom is -0.310 e. The standard InChI is InChI=1S/C10H20N4/c1-4-5-9(2)6-11-7-10-12-8-14(3)13-10/h8-9,11H,4-7H2,1-3H3. The molecule has 1 atom stereocenters. The predicted octanol–water partition coefficient (Wildman–Crippen LogP) is 1.34. The SMILES string of the molecule is CCCC(C)CNCc1ncn(C)n1. The molecule has 4 heteroatoms. The highest BCUT2D eigenvalue weighted by atomic mass is 15.3. The summed E-state index contributed by atoms with van der Waals surface area (Å²) in [6.45, 7) is 6.31. The van der Waals surface area contributed by atoms with Crippen LogP contribution in [0.25, 0.3) is 0 Å². The minimum atomic E-state index is 0.740. The summed E-state index contributed by atoms with van der Waals surface area (Å²) < 4.78 is 1.73. The van der Waals surface area contributed by atoms with Crippen LogP contribution in [-0.4, -0.2) is 21.3 Å². The first-order chi connectivity index (χ1) is 6.72. The van der Waals surface area contributed by atoms with Crippen molar-refractivity contribution in [2.75, 3.05) is 6.54 Å². The smallest absolute Gasteiger partial charge is 0.164 e. The van der Waals surface area contributed by atoms with Crippen molar-refractivity contribution in [1.82, 2.24) is 20.1 Å². The Balaban J connectivity index is 2.15. The lowest BCUT2D eigenvalue weighted by Crippen LogP contribution is -2.21. The Morgan fingerprint density at radius 1 is 1.57 bits per heavy atom. The first kappa shape index (κ1) is 11.2. The van der Waals surface area contributed by atoms with E-state index in [0.717, 1.165) is 24.8 Å². The van der Waals surface area contributed by atoms with Crippen LogP contribution in [0.3, 0.4) is 0 Å². The molecule has 0 fully saturated rings. The molecule has 0 saturated heterocycles. The zero-order valence-corrected chi connectivity index (χ0v) is 9.32. The van der Waals surface area contributed by atoms with E-state index in [4.69, 9.17) is 0 Å². The summed E-state index contributed by atoms with van der Waals surface area (Å²) in [4.78, 5) is 4.15. The van der Waals surface area contributed by atoms with E-state index in [1.54, 1.807) is 11.0 Å². The Kier molecular flexibility index (Phi) is 4.59. The monoisotopic (exact) mass is 196 g/mol. The van der Waals surface area contributed by atoms with Gasteiger partial charge in [-0.1, -0.05) is 20.3 Å². The van der Waals surface area contributed by atoms with E-state index in [1.807, 2.05) is 7.05 Å². The lowest BCUT2D eigenvalue weighted by molar-refractivity contribution is 0.471. The van der Waals surface area contributed by atoms with Crippen molar-refractivity contribution < 1.29 is 0 Å². The van der Waals surface area contributed by atoms with Crippen LogP contribution >= 0.6 is 0 Å². The number of hydrogen-bond acceptors (Lipinski definition) is 3. The van der Waals surface area contributed by atoms with E-state index in [1.165, 1.54) is 12.8 Å². The summed E-state index contributed by atoms with van der Waals surface area (Å²) in [5.74, 6) is 1.61. The van der Waals surface area contributed by atoms with Crippen molar-refractivity contribution >= 4 is 0 Å². The number of hydrogen-bond donors (Lipinski definition) is 1. The Morgan fingerprint density at radius 2 is 2.36 bits per heavy atom. The van der Waals surface area contributed by atoms with Crippen LogP contribution < -0.4 is 5.32 Å². The zero-order valence-electron chi connectivity index (χ0n) is 9.32. The fourth-order valence-corrected chi connectivity index (χ4v) is 1.49. The fraction of sp³-hybridized carbons (Fsp3) is 0.800. The van der Waals surface area contributed by atoms with Gasteiger partial charge in [-0.2, -0.15) is 5.10 Å². The van der Waals surface area contributed by atoms with Gasteiger partial charge in [-0.3, -0.25) is 4.68 Å². The van der Waals surface area contributed by atoms with Crippen LogP contribution in [0.1, 0.15) is 32.5 Å². The summed E-state index contributed by atoms with van der Waals surface area (Å²) in [6, 6.07) is 0. The summed E-state index contributed by atoms with van der Waals surface area (Å²) in [5, 5.41) is 7.56. The Hall–Kier alpha value is -0.900. The van der Waals surface area contributed by atoms with Crippen LogP contribution in [0.4, 0.5) is 0 Å². The van der Waals surface area contributed by atoms with E-state index in [9.17, 15) is 0 Å². The van der Waals surface area contributed by atoms with Gasteiger partial charge in [0.25, 0.3) is 0 Å². The third kappa shape index (κ3) is 3.87. The molecule has 1 N–H and O–H groups in total. The molecule has 0 aliphatic carbocycles. The first-order valence-corrected chi connectivity index (χ1v) is 5.27. The molecule has 1 aromatic rings. The predicted molar refractivity (Wildman–Crippen MR) is 56.8 cm³/mol. The van der Waals surface area contributed by atoms with E-state index >= 15 is 0 Å². The Morgan fingerprint density at radius 3 is 2.93 bits per heavy atom. The van der Waals surface area contributed by atoms with Gasteiger partial charge in [-0.05, 0) is 18.9 Å². The van der Waals surface area contributed by atoms with Gasteiger partial charge in [-0.15, -0.1) is 0 Å². The average Bonchev–Trinajstić information content (AvgIpc) is 2.52. The maximum absolute atomic E-state index is 4.20. The molecular weight excluding hydrogens is 176 g/mol.